The van der Waals surface area contributed by atoms with Gasteiger partial charge in [0.15, 0.2) is 0 Å². The van der Waals surface area contributed by atoms with Gasteiger partial charge in [-0.15, -0.1) is 0 Å². The minimum absolute atomic E-state index is 0.223. The summed E-state index contributed by atoms with van der Waals surface area (Å²) in [6, 6.07) is 15.0. The number of pyridine rings is 1. The largest absolute Gasteiger partial charge is 0.354 e. The van der Waals surface area contributed by atoms with Crippen LogP contribution in [0.25, 0.3) is 0 Å². The van der Waals surface area contributed by atoms with Crippen molar-refractivity contribution in [3.8, 4) is 0 Å². The van der Waals surface area contributed by atoms with Crippen LogP contribution in [0.2, 0.25) is 5.02 Å². The number of carbonyl (C=O) groups is 1. The second kappa shape index (κ2) is 7.36. The molecule has 3 aromatic rings. The average molecular weight is 352 g/mol. The molecule has 0 aliphatic carbocycles. The summed E-state index contributed by atoms with van der Waals surface area (Å²) < 4.78 is 0. The topological polar surface area (TPSA) is 54.0 Å². The predicted molar refractivity (Wildman–Crippen MR) is 103 cm³/mol. The van der Waals surface area contributed by atoms with Crippen LogP contribution in [-0.4, -0.2) is 10.9 Å². The van der Waals surface area contributed by atoms with Gasteiger partial charge in [0.25, 0.3) is 5.91 Å². The molecule has 1 aromatic heterocycles. The molecule has 126 valence electrons. The molecule has 0 bridgehead atoms. The average Bonchev–Trinajstić information content (AvgIpc) is 2.56. The Morgan fingerprint density at radius 2 is 1.56 bits per heavy atom. The maximum Gasteiger partial charge on any atom is 0.257 e. The van der Waals surface area contributed by atoms with Gasteiger partial charge in [0, 0.05) is 22.6 Å². The lowest BCUT2D eigenvalue weighted by atomic mass is 10.1. The molecule has 0 aliphatic rings. The van der Waals surface area contributed by atoms with Crippen molar-refractivity contribution < 1.29 is 4.79 Å². The normalized spacial score (nSPS) is 10.4. The Bertz CT molecular complexity index is 887. The molecule has 5 heteroatoms. The molecule has 0 saturated carbocycles. The third-order valence-corrected chi connectivity index (χ3v) is 3.86. The van der Waals surface area contributed by atoms with Crippen LogP contribution >= 0.6 is 11.6 Å². The number of nitrogens with one attached hydrogen (secondary N) is 2. The van der Waals surface area contributed by atoms with Crippen molar-refractivity contribution >= 4 is 34.6 Å². The van der Waals surface area contributed by atoms with E-state index in [-0.39, 0.29) is 5.91 Å². The van der Waals surface area contributed by atoms with Gasteiger partial charge in [-0.05, 0) is 67.4 Å². The van der Waals surface area contributed by atoms with Crippen LogP contribution in [0.15, 0.2) is 60.9 Å². The quantitative estimate of drug-likeness (QED) is 0.666. The van der Waals surface area contributed by atoms with Crippen molar-refractivity contribution in [3.05, 3.63) is 82.6 Å². The number of hydrogen-bond donors (Lipinski definition) is 2. The SMILES string of the molecule is Cc1cc(C)cc(Nc2cncc(C(=O)Nc3ccc(Cl)cc3)c2)c1. The van der Waals surface area contributed by atoms with E-state index >= 15 is 0 Å². The van der Waals surface area contributed by atoms with Crippen LogP contribution in [0, 0.1) is 13.8 Å². The molecule has 4 nitrogen and oxygen atoms in total. The van der Waals surface area contributed by atoms with Crippen LogP contribution in [0.1, 0.15) is 21.5 Å². The summed E-state index contributed by atoms with van der Waals surface area (Å²) in [6.07, 6.45) is 3.23. The minimum atomic E-state index is -0.223. The highest BCUT2D eigenvalue weighted by Crippen LogP contribution is 2.20. The van der Waals surface area contributed by atoms with E-state index in [1.54, 1.807) is 36.5 Å². The number of halogens is 1. The van der Waals surface area contributed by atoms with Gasteiger partial charge in [0.1, 0.15) is 0 Å². The van der Waals surface area contributed by atoms with Crippen molar-refractivity contribution in [2.75, 3.05) is 10.6 Å². The Labute approximate surface area is 151 Å². The summed E-state index contributed by atoms with van der Waals surface area (Å²) >= 11 is 5.85. The summed E-state index contributed by atoms with van der Waals surface area (Å²) in [5.74, 6) is -0.223. The van der Waals surface area contributed by atoms with Gasteiger partial charge in [0.05, 0.1) is 17.4 Å². The van der Waals surface area contributed by atoms with E-state index in [4.69, 9.17) is 11.6 Å². The number of carbonyl (C=O) groups excluding carboxylic acids is 1. The molecule has 0 radical (unpaired) electrons. The zero-order valence-electron chi connectivity index (χ0n) is 14.0. The van der Waals surface area contributed by atoms with Gasteiger partial charge in [-0.1, -0.05) is 17.7 Å². The highest BCUT2D eigenvalue weighted by molar-refractivity contribution is 6.30. The second-order valence-electron chi connectivity index (χ2n) is 5.92. The van der Waals surface area contributed by atoms with E-state index in [9.17, 15) is 4.79 Å². The predicted octanol–water partition coefficient (Wildman–Crippen LogP) is 5.35. The second-order valence-corrected chi connectivity index (χ2v) is 6.36. The fourth-order valence-corrected chi connectivity index (χ4v) is 2.71. The number of rotatable bonds is 4. The fourth-order valence-electron chi connectivity index (χ4n) is 2.58. The number of hydrogen-bond acceptors (Lipinski definition) is 3. The summed E-state index contributed by atoms with van der Waals surface area (Å²) in [6.45, 7) is 4.10. The molecule has 0 fully saturated rings. The van der Waals surface area contributed by atoms with Gasteiger partial charge in [0.2, 0.25) is 0 Å². The summed E-state index contributed by atoms with van der Waals surface area (Å²) in [5, 5.41) is 6.75. The van der Waals surface area contributed by atoms with Crippen molar-refractivity contribution in [3.63, 3.8) is 0 Å². The maximum absolute atomic E-state index is 12.4. The van der Waals surface area contributed by atoms with Gasteiger partial charge < -0.3 is 10.6 Å². The molecule has 0 saturated heterocycles. The number of aryl methyl sites for hydroxylation is 2. The van der Waals surface area contributed by atoms with E-state index in [0.717, 1.165) is 11.4 Å². The summed E-state index contributed by atoms with van der Waals surface area (Å²) in [7, 11) is 0. The van der Waals surface area contributed by atoms with Crippen molar-refractivity contribution in [1.82, 2.24) is 4.98 Å². The molecule has 0 spiro atoms. The highest BCUT2D eigenvalue weighted by Gasteiger charge is 2.08. The maximum atomic E-state index is 12.4. The van der Waals surface area contributed by atoms with Gasteiger partial charge >= 0.3 is 0 Å². The zero-order chi connectivity index (χ0) is 17.8. The van der Waals surface area contributed by atoms with Crippen molar-refractivity contribution in [2.24, 2.45) is 0 Å². The lowest BCUT2D eigenvalue weighted by molar-refractivity contribution is 0.102. The molecule has 3 rings (SSSR count). The monoisotopic (exact) mass is 351 g/mol. The van der Waals surface area contributed by atoms with Crippen LogP contribution in [0.5, 0.6) is 0 Å². The number of nitrogens with zero attached hydrogens (tertiary/aromatic N) is 1. The minimum Gasteiger partial charge on any atom is -0.354 e. The molecular formula is C20H18ClN3O. The first-order chi connectivity index (χ1) is 12.0. The van der Waals surface area contributed by atoms with E-state index in [0.29, 0.717) is 16.3 Å². The van der Waals surface area contributed by atoms with Crippen LogP contribution in [-0.2, 0) is 0 Å². The fraction of sp³-hybridized carbons (Fsp3) is 0.100. The van der Waals surface area contributed by atoms with E-state index in [2.05, 4.69) is 21.7 Å². The zero-order valence-corrected chi connectivity index (χ0v) is 14.8. The molecule has 1 heterocycles. The van der Waals surface area contributed by atoms with Crippen LogP contribution in [0.3, 0.4) is 0 Å². The molecule has 2 N–H and O–H groups in total. The molecule has 25 heavy (non-hydrogen) atoms. The lowest BCUT2D eigenvalue weighted by Gasteiger charge is -2.10. The molecule has 0 aliphatic heterocycles. The first-order valence-corrected chi connectivity index (χ1v) is 8.25. The lowest BCUT2D eigenvalue weighted by Crippen LogP contribution is -2.12. The molecule has 2 aromatic carbocycles. The van der Waals surface area contributed by atoms with E-state index in [1.807, 2.05) is 26.0 Å². The van der Waals surface area contributed by atoms with Gasteiger partial charge in [-0.2, -0.15) is 0 Å². The van der Waals surface area contributed by atoms with E-state index in [1.165, 1.54) is 17.3 Å². The number of aromatic nitrogens is 1. The standard InChI is InChI=1S/C20H18ClN3O/c1-13-7-14(2)9-18(8-13)23-19-10-15(11-22-12-19)20(25)24-17-5-3-16(21)4-6-17/h3-12,23H,1-2H3,(H,24,25). The van der Waals surface area contributed by atoms with Gasteiger partial charge in [-0.25, -0.2) is 0 Å². The Kier molecular flexibility index (Phi) is 5.00. The Hall–Kier alpha value is -2.85. The first kappa shape index (κ1) is 17.0. The summed E-state index contributed by atoms with van der Waals surface area (Å²) in [4.78, 5) is 16.6. The molecule has 0 atom stereocenters. The Morgan fingerprint density at radius 1 is 0.880 bits per heavy atom. The third-order valence-electron chi connectivity index (χ3n) is 3.61. The van der Waals surface area contributed by atoms with Gasteiger partial charge in [-0.3, -0.25) is 9.78 Å². The number of anilines is 3. The third kappa shape index (κ3) is 4.58. The number of benzene rings is 2. The van der Waals surface area contributed by atoms with Crippen LogP contribution < -0.4 is 10.6 Å². The van der Waals surface area contributed by atoms with Crippen molar-refractivity contribution in [2.45, 2.75) is 13.8 Å². The van der Waals surface area contributed by atoms with Crippen molar-refractivity contribution in [1.29, 1.82) is 0 Å². The summed E-state index contributed by atoms with van der Waals surface area (Å²) in [5.41, 5.74) is 5.23. The molecule has 0 unspecified atom stereocenters. The smallest absolute Gasteiger partial charge is 0.257 e. The first-order valence-electron chi connectivity index (χ1n) is 7.87. The Balaban J connectivity index is 1.76. The highest BCUT2D eigenvalue weighted by atomic mass is 35.5. The van der Waals surface area contributed by atoms with Crippen LogP contribution in [0.4, 0.5) is 17.1 Å². The number of amides is 1. The van der Waals surface area contributed by atoms with E-state index < -0.39 is 0 Å². The molecular weight excluding hydrogens is 334 g/mol. The Morgan fingerprint density at radius 3 is 2.24 bits per heavy atom. The molecule has 1 amide bonds.